The Kier molecular flexibility index (Phi) is 3.91. The highest BCUT2D eigenvalue weighted by Gasteiger charge is 2.20. The molecule has 4 nitrogen and oxygen atoms in total. The third-order valence-electron chi connectivity index (χ3n) is 2.79. The summed E-state index contributed by atoms with van der Waals surface area (Å²) < 4.78 is 5.32. The number of hydrogen-bond donors (Lipinski definition) is 1. The maximum atomic E-state index is 8.74. The fraction of sp³-hybridized carbons (Fsp3) is 0.417. The third kappa shape index (κ3) is 2.59. The van der Waals surface area contributed by atoms with Crippen LogP contribution in [0, 0.1) is 0 Å². The fourth-order valence-electron chi connectivity index (χ4n) is 1.96. The van der Waals surface area contributed by atoms with E-state index >= 15 is 0 Å². The minimum absolute atomic E-state index is 0.0371. The van der Waals surface area contributed by atoms with Gasteiger partial charge in [0.15, 0.2) is 0 Å². The first-order valence-corrected chi connectivity index (χ1v) is 5.46. The minimum Gasteiger partial charge on any atom is -0.411 e. The highest BCUT2D eigenvalue weighted by Crippen LogP contribution is 2.19. The number of nitrogens with zero attached hydrogens (tertiary/aromatic N) is 2. The maximum absolute atomic E-state index is 8.74. The molecule has 1 fully saturated rings. The molecular weight excluding hydrogens is 204 g/mol. The first-order chi connectivity index (χ1) is 7.92. The van der Waals surface area contributed by atoms with E-state index in [1.165, 1.54) is 0 Å². The molecule has 4 heteroatoms. The molecule has 0 spiro atoms. The van der Waals surface area contributed by atoms with E-state index in [0.29, 0.717) is 0 Å². The molecule has 0 unspecified atom stereocenters. The van der Waals surface area contributed by atoms with Crippen molar-refractivity contribution in [2.75, 3.05) is 26.3 Å². The largest absolute Gasteiger partial charge is 0.411 e. The Hall–Kier alpha value is -1.39. The molecule has 1 atom stereocenters. The predicted molar refractivity (Wildman–Crippen MR) is 61.9 cm³/mol. The van der Waals surface area contributed by atoms with E-state index < -0.39 is 0 Å². The highest BCUT2D eigenvalue weighted by atomic mass is 16.5. The molecule has 1 heterocycles. The molecule has 2 rings (SSSR count). The van der Waals surface area contributed by atoms with Crippen molar-refractivity contribution in [2.24, 2.45) is 5.16 Å². The molecule has 16 heavy (non-hydrogen) atoms. The van der Waals surface area contributed by atoms with Crippen molar-refractivity contribution in [2.45, 2.75) is 6.04 Å². The van der Waals surface area contributed by atoms with Gasteiger partial charge in [-0.05, 0) is 5.56 Å². The summed E-state index contributed by atoms with van der Waals surface area (Å²) in [5, 5.41) is 11.9. The zero-order valence-electron chi connectivity index (χ0n) is 9.12. The van der Waals surface area contributed by atoms with Crippen molar-refractivity contribution in [1.82, 2.24) is 4.90 Å². The average molecular weight is 220 g/mol. The molecule has 86 valence electrons. The summed E-state index contributed by atoms with van der Waals surface area (Å²) in [4.78, 5) is 2.25. The second kappa shape index (κ2) is 5.63. The first kappa shape index (κ1) is 11.1. The fourth-order valence-corrected chi connectivity index (χ4v) is 1.96. The van der Waals surface area contributed by atoms with Gasteiger partial charge in [-0.3, -0.25) is 4.90 Å². The smallest absolute Gasteiger partial charge is 0.0740 e. The number of rotatable bonds is 3. The summed E-state index contributed by atoms with van der Waals surface area (Å²) in [5.74, 6) is 0. The zero-order chi connectivity index (χ0) is 11.2. The van der Waals surface area contributed by atoms with Crippen molar-refractivity contribution in [3.8, 4) is 0 Å². The number of hydrogen-bond acceptors (Lipinski definition) is 4. The highest BCUT2D eigenvalue weighted by molar-refractivity contribution is 5.66. The van der Waals surface area contributed by atoms with Gasteiger partial charge < -0.3 is 9.94 Å². The van der Waals surface area contributed by atoms with Gasteiger partial charge in [-0.15, -0.1) is 5.16 Å². The molecule has 1 aliphatic heterocycles. The van der Waals surface area contributed by atoms with Gasteiger partial charge in [0, 0.05) is 13.1 Å². The van der Waals surface area contributed by atoms with E-state index in [1.54, 1.807) is 6.21 Å². The molecule has 1 aromatic carbocycles. The van der Waals surface area contributed by atoms with E-state index in [0.717, 1.165) is 31.9 Å². The Balaban J connectivity index is 2.16. The second-order valence-corrected chi connectivity index (χ2v) is 3.77. The summed E-state index contributed by atoms with van der Waals surface area (Å²) in [6, 6.07) is 10.1. The Morgan fingerprint density at radius 2 is 1.94 bits per heavy atom. The van der Waals surface area contributed by atoms with E-state index in [-0.39, 0.29) is 6.04 Å². The number of ether oxygens (including phenoxy) is 1. The minimum atomic E-state index is 0.0371. The van der Waals surface area contributed by atoms with Crippen molar-refractivity contribution >= 4 is 6.21 Å². The van der Waals surface area contributed by atoms with Crippen LogP contribution in [0.25, 0.3) is 0 Å². The van der Waals surface area contributed by atoms with Crippen LogP contribution in [-0.2, 0) is 4.74 Å². The van der Waals surface area contributed by atoms with Crippen molar-refractivity contribution in [3.63, 3.8) is 0 Å². The lowest BCUT2D eigenvalue weighted by Crippen LogP contribution is -2.39. The van der Waals surface area contributed by atoms with E-state index in [1.807, 2.05) is 30.3 Å². The number of benzene rings is 1. The van der Waals surface area contributed by atoms with Crippen LogP contribution in [0.3, 0.4) is 0 Å². The van der Waals surface area contributed by atoms with Crippen LogP contribution in [0.1, 0.15) is 11.6 Å². The van der Waals surface area contributed by atoms with Gasteiger partial charge in [-0.1, -0.05) is 30.3 Å². The lowest BCUT2D eigenvalue weighted by atomic mass is 10.1. The zero-order valence-corrected chi connectivity index (χ0v) is 9.12. The van der Waals surface area contributed by atoms with Gasteiger partial charge >= 0.3 is 0 Å². The standard InChI is InChI=1S/C12H16N2O2/c15-13-10-12(11-4-2-1-3-5-11)14-6-8-16-9-7-14/h1-5,10,12,15H,6-9H2/b13-10-/t12-/m1/s1. The van der Waals surface area contributed by atoms with Crippen LogP contribution in [0.4, 0.5) is 0 Å². The third-order valence-corrected chi connectivity index (χ3v) is 2.79. The van der Waals surface area contributed by atoms with Crippen molar-refractivity contribution < 1.29 is 9.94 Å². The normalized spacial score (nSPS) is 20.0. The summed E-state index contributed by atoms with van der Waals surface area (Å²) >= 11 is 0. The molecular formula is C12H16N2O2. The summed E-state index contributed by atoms with van der Waals surface area (Å²) in [6.45, 7) is 3.21. The molecule has 0 aliphatic carbocycles. The lowest BCUT2D eigenvalue weighted by Gasteiger charge is -2.32. The van der Waals surface area contributed by atoms with Gasteiger partial charge in [-0.25, -0.2) is 0 Å². The molecule has 1 aromatic rings. The number of oxime groups is 1. The maximum Gasteiger partial charge on any atom is 0.0740 e. The van der Waals surface area contributed by atoms with Crippen LogP contribution in [0.15, 0.2) is 35.5 Å². The summed E-state index contributed by atoms with van der Waals surface area (Å²) in [6.07, 6.45) is 1.57. The van der Waals surface area contributed by atoms with E-state index in [4.69, 9.17) is 9.94 Å². The molecule has 0 amide bonds. The molecule has 0 aromatic heterocycles. The Morgan fingerprint density at radius 1 is 1.25 bits per heavy atom. The SMILES string of the molecule is O/N=C\[C@H](c1ccccc1)N1CCOCC1. The second-order valence-electron chi connectivity index (χ2n) is 3.77. The Labute approximate surface area is 95.1 Å². The number of morpholine rings is 1. The molecule has 0 bridgehead atoms. The van der Waals surface area contributed by atoms with Crippen LogP contribution in [0.5, 0.6) is 0 Å². The summed E-state index contributed by atoms with van der Waals surface area (Å²) in [7, 11) is 0. The van der Waals surface area contributed by atoms with Crippen molar-refractivity contribution in [3.05, 3.63) is 35.9 Å². The van der Waals surface area contributed by atoms with E-state index in [9.17, 15) is 0 Å². The van der Waals surface area contributed by atoms with Crippen LogP contribution >= 0.6 is 0 Å². The quantitative estimate of drug-likeness (QED) is 0.477. The Morgan fingerprint density at radius 3 is 2.56 bits per heavy atom. The molecule has 0 radical (unpaired) electrons. The van der Waals surface area contributed by atoms with Crippen LogP contribution in [0.2, 0.25) is 0 Å². The average Bonchev–Trinajstić information content (AvgIpc) is 2.38. The van der Waals surface area contributed by atoms with E-state index in [2.05, 4.69) is 10.1 Å². The van der Waals surface area contributed by atoms with Gasteiger partial charge in [0.05, 0.1) is 25.5 Å². The van der Waals surface area contributed by atoms with Gasteiger partial charge in [0.1, 0.15) is 0 Å². The lowest BCUT2D eigenvalue weighted by molar-refractivity contribution is 0.0290. The molecule has 1 saturated heterocycles. The van der Waals surface area contributed by atoms with Gasteiger partial charge in [-0.2, -0.15) is 0 Å². The topological polar surface area (TPSA) is 45.1 Å². The summed E-state index contributed by atoms with van der Waals surface area (Å²) in [5.41, 5.74) is 1.14. The van der Waals surface area contributed by atoms with Gasteiger partial charge in [0.25, 0.3) is 0 Å². The van der Waals surface area contributed by atoms with Crippen molar-refractivity contribution in [1.29, 1.82) is 0 Å². The van der Waals surface area contributed by atoms with Crippen LogP contribution in [-0.4, -0.2) is 42.6 Å². The predicted octanol–water partition coefficient (Wildman–Crippen LogP) is 1.52. The monoisotopic (exact) mass is 220 g/mol. The first-order valence-electron chi connectivity index (χ1n) is 5.46. The molecule has 1 aliphatic rings. The van der Waals surface area contributed by atoms with Gasteiger partial charge in [0.2, 0.25) is 0 Å². The van der Waals surface area contributed by atoms with Crippen LogP contribution < -0.4 is 0 Å². The Bertz CT molecular complexity index is 334. The molecule has 1 N–H and O–H groups in total. The molecule has 0 saturated carbocycles.